The Morgan fingerprint density at radius 3 is 2.41 bits per heavy atom. The monoisotopic (exact) mass is 444 g/mol. The zero-order valence-corrected chi connectivity index (χ0v) is 16.2. The molecule has 164 valence electrons. The maximum atomic E-state index is 13.3. The van der Waals surface area contributed by atoms with Gasteiger partial charge in [-0.25, -0.2) is 9.97 Å². The second-order valence-corrected chi connectivity index (χ2v) is 6.60. The number of ether oxygens (including phenoxy) is 1. The summed E-state index contributed by atoms with van der Waals surface area (Å²) in [4.78, 5) is 19.1. The molecular formula is C21H15F3N4O4. The lowest BCUT2D eigenvalue weighted by Gasteiger charge is -2.25. The first-order valence-electron chi connectivity index (χ1n) is 8.95. The largest absolute Gasteiger partial charge is 0.457 e. The van der Waals surface area contributed by atoms with Crippen LogP contribution in [0.5, 0.6) is 11.5 Å². The van der Waals surface area contributed by atoms with Crippen molar-refractivity contribution < 1.29 is 32.9 Å². The molecule has 3 rings (SSSR count). The predicted molar refractivity (Wildman–Crippen MR) is 103 cm³/mol. The molecular weight excluding hydrogens is 429 g/mol. The molecule has 0 saturated carbocycles. The lowest BCUT2D eigenvalue weighted by molar-refractivity contribution is -0.138. The number of aliphatic hydroxyl groups is 2. The number of aliphatic hydroxyl groups excluding tert-OH is 1. The zero-order chi connectivity index (χ0) is 23.5. The van der Waals surface area contributed by atoms with Gasteiger partial charge in [0.15, 0.2) is 11.4 Å². The number of benzene rings is 2. The van der Waals surface area contributed by atoms with Crippen LogP contribution in [0.2, 0.25) is 0 Å². The number of carbonyl (C=O) groups is 1. The fourth-order valence-electron chi connectivity index (χ4n) is 2.82. The number of rotatable bonds is 6. The molecule has 1 heterocycles. The van der Waals surface area contributed by atoms with Gasteiger partial charge >= 0.3 is 6.18 Å². The Bertz CT molecular complexity index is 1190. The molecule has 1 amide bonds. The van der Waals surface area contributed by atoms with E-state index in [9.17, 15) is 28.2 Å². The third kappa shape index (κ3) is 4.51. The lowest BCUT2D eigenvalue weighted by atomic mass is 9.93. The summed E-state index contributed by atoms with van der Waals surface area (Å²) in [6.45, 7) is -0.858. The van der Waals surface area contributed by atoms with Gasteiger partial charge in [0.25, 0.3) is 5.91 Å². The van der Waals surface area contributed by atoms with Gasteiger partial charge in [0.2, 0.25) is 0 Å². The van der Waals surface area contributed by atoms with E-state index < -0.39 is 35.6 Å². The minimum atomic E-state index is -4.75. The Hall–Kier alpha value is -4.01. The van der Waals surface area contributed by atoms with Crippen molar-refractivity contribution in [2.24, 2.45) is 5.73 Å². The maximum absolute atomic E-state index is 13.3. The predicted octanol–water partition coefficient (Wildman–Crippen LogP) is 2.49. The molecule has 1 atom stereocenters. The van der Waals surface area contributed by atoms with Crippen molar-refractivity contribution in [1.29, 1.82) is 5.26 Å². The van der Waals surface area contributed by atoms with Crippen LogP contribution < -0.4 is 10.5 Å². The summed E-state index contributed by atoms with van der Waals surface area (Å²) in [7, 11) is 0. The van der Waals surface area contributed by atoms with E-state index in [-0.39, 0.29) is 28.4 Å². The first kappa shape index (κ1) is 22.7. The van der Waals surface area contributed by atoms with Crippen LogP contribution in [0.3, 0.4) is 0 Å². The van der Waals surface area contributed by atoms with Gasteiger partial charge in [-0.1, -0.05) is 12.1 Å². The number of amides is 1. The molecule has 1 unspecified atom stereocenters. The molecule has 0 saturated heterocycles. The van der Waals surface area contributed by atoms with Gasteiger partial charge in [-0.05, 0) is 42.0 Å². The summed E-state index contributed by atoms with van der Waals surface area (Å²) >= 11 is 0. The molecule has 8 nitrogen and oxygen atoms in total. The molecule has 0 spiro atoms. The van der Waals surface area contributed by atoms with Crippen molar-refractivity contribution >= 4 is 5.91 Å². The fraction of sp³-hybridized carbons (Fsp3) is 0.143. The molecule has 0 aliphatic rings. The summed E-state index contributed by atoms with van der Waals surface area (Å²) in [5, 5.41) is 29.5. The van der Waals surface area contributed by atoms with E-state index in [1.54, 1.807) is 6.07 Å². The Morgan fingerprint density at radius 1 is 1.16 bits per heavy atom. The molecule has 0 radical (unpaired) electrons. The summed E-state index contributed by atoms with van der Waals surface area (Å²) in [5.74, 6) is -1.67. The van der Waals surface area contributed by atoms with Gasteiger partial charge < -0.3 is 20.7 Å². The van der Waals surface area contributed by atoms with Crippen molar-refractivity contribution in [1.82, 2.24) is 9.97 Å². The lowest BCUT2D eigenvalue weighted by Crippen LogP contribution is -2.34. The van der Waals surface area contributed by atoms with E-state index >= 15 is 0 Å². The maximum Gasteiger partial charge on any atom is 0.420 e. The second-order valence-electron chi connectivity index (χ2n) is 6.60. The molecule has 2 aromatic carbocycles. The van der Waals surface area contributed by atoms with Gasteiger partial charge in [0, 0.05) is 6.20 Å². The number of nitriles is 1. The number of aromatic nitrogens is 2. The molecule has 0 aliphatic heterocycles. The number of alkyl halides is 3. The standard InChI is InChI=1S/C21H15F3N4O4/c22-21(23,24)15-9-12(10-25)1-6-17(15)32-14-4-2-13(3-5-14)20(31,11-29)19-27-8-7-16(28-19)18(26)30/h1-9,29,31H,11H2,(H2,26,30). The SMILES string of the molecule is N#Cc1ccc(Oc2ccc(C(O)(CO)c3nccc(C(N)=O)n3)cc2)c(C(F)(F)F)c1. The molecule has 0 fully saturated rings. The first-order valence-corrected chi connectivity index (χ1v) is 8.95. The van der Waals surface area contributed by atoms with Crippen LogP contribution in [0, 0.1) is 11.3 Å². The smallest absolute Gasteiger partial charge is 0.420 e. The molecule has 4 N–H and O–H groups in total. The molecule has 0 aliphatic carbocycles. The van der Waals surface area contributed by atoms with Crippen molar-refractivity contribution in [2.75, 3.05) is 6.61 Å². The molecule has 0 bridgehead atoms. The van der Waals surface area contributed by atoms with E-state index in [2.05, 4.69) is 9.97 Å². The van der Waals surface area contributed by atoms with Crippen molar-refractivity contribution in [2.45, 2.75) is 11.8 Å². The highest BCUT2D eigenvalue weighted by Crippen LogP contribution is 2.39. The van der Waals surface area contributed by atoms with Crippen molar-refractivity contribution in [3.05, 3.63) is 82.9 Å². The normalized spacial score (nSPS) is 13.1. The molecule has 32 heavy (non-hydrogen) atoms. The Morgan fingerprint density at radius 2 is 1.84 bits per heavy atom. The highest BCUT2D eigenvalue weighted by Gasteiger charge is 2.36. The number of nitrogens with two attached hydrogens (primary N) is 1. The average molecular weight is 444 g/mol. The van der Waals surface area contributed by atoms with E-state index in [0.717, 1.165) is 6.07 Å². The third-order valence-electron chi connectivity index (χ3n) is 4.48. The van der Waals surface area contributed by atoms with E-state index in [0.29, 0.717) is 6.07 Å². The summed E-state index contributed by atoms with van der Waals surface area (Å²) in [6.07, 6.45) is -3.56. The number of primary amides is 1. The Kier molecular flexibility index (Phi) is 6.11. The van der Waals surface area contributed by atoms with Gasteiger partial charge in [-0.2, -0.15) is 18.4 Å². The highest BCUT2D eigenvalue weighted by atomic mass is 19.4. The average Bonchev–Trinajstić information content (AvgIpc) is 2.78. The summed E-state index contributed by atoms with van der Waals surface area (Å²) in [5.41, 5.74) is 1.67. The van der Waals surface area contributed by atoms with Crippen LogP contribution >= 0.6 is 0 Å². The first-order chi connectivity index (χ1) is 15.1. The molecule has 1 aromatic heterocycles. The van der Waals surface area contributed by atoms with E-state index in [1.807, 2.05) is 0 Å². The van der Waals surface area contributed by atoms with Gasteiger partial charge in [0.05, 0.1) is 23.8 Å². The van der Waals surface area contributed by atoms with Gasteiger partial charge in [0.1, 0.15) is 17.2 Å². The zero-order valence-electron chi connectivity index (χ0n) is 16.2. The van der Waals surface area contributed by atoms with E-state index in [1.165, 1.54) is 42.6 Å². The Labute approximate surface area is 179 Å². The minimum absolute atomic E-state index is 0.00366. The van der Waals surface area contributed by atoms with Crippen molar-refractivity contribution in [3.8, 4) is 17.6 Å². The topological polar surface area (TPSA) is 142 Å². The second kappa shape index (κ2) is 8.62. The number of halogens is 3. The highest BCUT2D eigenvalue weighted by molar-refractivity contribution is 5.90. The van der Waals surface area contributed by atoms with Crippen LogP contribution in [-0.2, 0) is 11.8 Å². The minimum Gasteiger partial charge on any atom is -0.457 e. The number of carbonyl (C=O) groups excluding carboxylic acids is 1. The van der Waals surface area contributed by atoms with Gasteiger partial charge in [-0.3, -0.25) is 4.79 Å². The molecule has 11 heteroatoms. The van der Waals surface area contributed by atoms with Crippen LogP contribution in [0.1, 0.15) is 33.0 Å². The quantitative estimate of drug-likeness (QED) is 0.530. The Balaban J connectivity index is 1.94. The number of hydrogen-bond acceptors (Lipinski definition) is 7. The van der Waals surface area contributed by atoms with Crippen LogP contribution in [0.15, 0.2) is 54.7 Å². The van der Waals surface area contributed by atoms with Crippen LogP contribution in [0.4, 0.5) is 13.2 Å². The summed E-state index contributed by atoms with van der Waals surface area (Å²) < 4.78 is 45.3. The van der Waals surface area contributed by atoms with Crippen LogP contribution in [-0.4, -0.2) is 32.7 Å². The van der Waals surface area contributed by atoms with Crippen LogP contribution in [0.25, 0.3) is 0 Å². The van der Waals surface area contributed by atoms with Gasteiger partial charge in [-0.15, -0.1) is 0 Å². The summed E-state index contributed by atoms with van der Waals surface area (Å²) in [6, 6.07) is 10.9. The number of hydrogen-bond donors (Lipinski definition) is 3. The van der Waals surface area contributed by atoms with Crippen molar-refractivity contribution in [3.63, 3.8) is 0 Å². The molecule has 3 aromatic rings. The fourth-order valence-corrected chi connectivity index (χ4v) is 2.82. The third-order valence-corrected chi connectivity index (χ3v) is 4.48. The van der Waals surface area contributed by atoms with E-state index in [4.69, 9.17) is 15.7 Å². The number of nitrogens with zero attached hydrogens (tertiary/aromatic N) is 3.